The molecule has 0 saturated carbocycles. The first-order chi connectivity index (χ1) is 12.1. The predicted octanol–water partition coefficient (Wildman–Crippen LogP) is 3.27. The molecule has 0 N–H and O–H groups in total. The number of para-hydroxylation sites is 2. The first-order valence-corrected chi connectivity index (χ1v) is 8.20. The maximum atomic E-state index is 12.9. The van der Waals surface area contributed by atoms with Gasteiger partial charge in [0.1, 0.15) is 11.8 Å². The number of carbonyl (C=O) groups is 2. The molecule has 0 aromatic heterocycles. The van der Waals surface area contributed by atoms with E-state index in [1.165, 1.54) is 16.1 Å². The minimum absolute atomic E-state index is 0.0665. The van der Waals surface area contributed by atoms with Crippen LogP contribution in [0.3, 0.4) is 0 Å². The van der Waals surface area contributed by atoms with Crippen molar-refractivity contribution >= 4 is 40.5 Å². The van der Waals surface area contributed by atoms with Crippen molar-refractivity contribution in [1.82, 2.24) is 0 Å². The molecule has 6 heteroatoms. The number of anilines is 2. The first kappa shape index (κ1) is 16.9. The zero-order valence-electron chi connectivity index (χ0n) is 13.6. The molecule has 1 fully saturated rings. The smallest absolute Gasteiger partial charge is 0.273 e. The molecule has 3 rings (SSSR count). The Morgan fingerprint density at radius 1 is 0.880 bits per heavy atom. The van der Waals surface area contributed by atoms with Crippen LogP contribution in [0.25, 0.3) is 0 Å². The van der Waals surface area contributed by atoms with E-state index in [0.29, 0.717) is 18.0 Å². The molecule has 1 saturated heterocycles. The van der Waals surface area contributed by atoms with Gasteiger partial charge in [-0.3, -0.25) is 19.4 Å². The fourth-order valence-electron chi connectivity index (χ4n) is 2.48. The SMILES string of the molecule is CCOC=C1C(=O)N(c2ccccc2)C(=S)N(c2ccccc2)C1=O. The molecule has 0 aliphatic carbocycles. The van der Waals surface area contributed by atoms with Gasteiger partial charge in [-0.15, -0.1) is 0 Å². The van der Waals surface area contributed by atoms with Crippen LogP contribution in [0.15, 0.2) is 72.5 Å². The number of hydrogen-bond donors (Lipinski definition) is 0. The Labute approximate surface area is 151 Å². The van der Waals surface area contributed by atoms with Gasteiger partial charge in [0, 0.05) is 0 Å². The van der Waals surface area contributed by atoms with Gasteiger partial charge in [-0.25, -0.2) is 0 Å². The van der Waals surface area contributed by atoms with E-state index in [2.05, 4.69) is 0 Å². The van der Waals surface area contributed by atoms with E-state index in [9.17, 15) is 9.59 Å². The van der Waals surface area contributed by atoms with E-state index in [1.807, 2.05) is 12.1 Å². The van der Waals surface area contributed by atoms with E-state index in [1.54, 1.807) is 55.5 Å². The van der Waals surface area contributed by atoms with Crippen molar-refractivity contribution < 1.29 is 14.3 Å². The second kappa shape index (κ2) is 7.27. The Hall–Kier alpha value is -2.99. The third-order valence-electron chi connectivity index (χ3n) is 3.65. The molecule has 0 radical (unpaired) electrons. The van der Waals surface area contributed by atoms with Crippen molar-refractivity contribution in [1.29, 1.82) is 0 Å². The summed E-state index contributed by atoms with van der Waals surface area (Å²) in [6, 6.07) is 18.0. The zero-order valence-corrected chi connectivity index (χ0v) is 14.4. The number of thiocarbonyl (C=S) groups is 1. The molecule has 0 spiro atoms. The molecule has 1 aliphatic rings. The van der Waals surface area contributed by atoms with Gasteiger partial charge in [0.05, 0.1) is 18.0 Å². The monoisotopic (exact) mass is 352 g/mol. The topological polar surface area (TPSA) is 49.9 Å². The Kier molecular flexibility index (Phi) is 4.90. The lowest BCUT2D eigenvalue weighted by Crippen LogP contribution is -2.57. The molecule has 1 heterocycles. The lowest BCUT2D eigenvalue weighted by molar-refractivity contribution is -0.121. The van der Waals surface area contributed by atoms with Gasteiger partial charge in [-0.1, -0.05) is 36.4 Å². The van der Waals surface area contributed by atoms with Gasteiger partial charge >= 0.3 is 0 Å². The number of rotatable bonds is 4. The molecule has 0 bridgehead atoms. The maximum absolute atomic E-state index is 12.9. The number of carbonyl (C=O) groups excluding carboxylic acids is 2. The minimum atomic E-state index is -0.498. The third kappa shape index (κ3) is 3.16. The second-order valence-electron chi connectivity index (χ2n) is 5.22. The lowest BCUT2D eigenvalue weighted by atomic mass is 10.1. The second-order valence-corrected chi connectivity index (χ2v) is 5.59. The van der Waals surface area contributed by atoms with Crippen molar-refractivity contribution in [2.24, 2.45) is 0 Å². The normalized spacial score (nSPS) is 14.8. The van der Waals surface area contributed by atoms with Gasteiger partial charge in [0.2, 0.25) is 0 Å². The molecule has 0 unspecified atom stereocenters. The minimum Gasteiger partial charge on any atom is -0.500 e. The summed E-state index contributed by atoms with van der Waals surface area (Å²) in [5.41, 5.74) is 1.12. The summed E-state index contributed by atoms with van der Waals surface area (Å²) in [4.78, 5) is 28.4. The van der Waals surface area contributed by atoms with Crippen LogP contribution in [0.5, 0.6) is 0 Å². The highest BCUT2D eigenvalue weighted by Gasteiger charge is 2.41. The molecular weight excluding hydrogens is 336 g/mol. The number of amides is 2. The highest BCUT2D eigenvalue weighted by molar-refractivity contribution is 7.81. The maximum Gasteiger partial charge on any atom is 0.273 e. The molecule has 2 aromatic carbocycles. The lowest BCUT2D eigenvalue weighted by Gasteiger charge is -2.36. The van der Waals surface area contributed by atoms with Crippen LogP contribution in [-0.2, 0) is 14.3 Å². The third-order valence-corrected chi connectivity index (χ3v) is 4.01. The first-order valence-electron chi connectivity index (χ1n) is 7.80. The van der Waals surface area contributed by atoms with Crippen molar-refractivity contribution in [3.05, 3.63) is 72.5 Å². The molecule has 5 nitrogen and oxygen atoms in total. The van der Waals surface area contributed by atoms with Crippen molar-refractivity contribution in [2.45, 2.75) is 6.92 Å². The van der Waals surface area contributed by atoms with Crippen LogP contribution in [0.1, 0.15) is 6.92 Å². The Morgan fingerprint density at radius 2 is 1.32 bits per heavy atom. The molecule has 2 aromatic rings. The number of benzene rings is 2. The van der Waals surface area contributed by atoms with E-state index >= 15 is 0 Å². The Morgan fingerprint density at radius 3 is 1.72 bits per heavy atom. The number of nitrogens with zero attached hydrogens (tertiary/aromatic N) is 2. The van der Waals surface area contributed by atoms with Crippen molar-refractivity contribution in [3.63, 3.8) is 0 Å². The van der Waals surface area contributed by atoms with Gasteiger partial charge < -0.3 is 4.74 Å². The molecule has 2 amide bonds. The average molecular weight is 352 g/mol. The quantitative estimate of drug-likeness (QED) is 0.367. The summed E-state index contributed by atoms with van der Waals surface area (Å²) in [5, 5.41) is 0.112. The van der Waals surface area contributed by atoms with Crippen LogP contribution in [0, 0.1) is 0 Å². The van der Waals surface area contributed by atoms with Crippen LogP contribution in [-0.4, -0.2) is 23.5 Å². The number of hydrogen-bond acceptors (Lipinski definition) is 4. The van der Waals surface area contributed by atoms with Gasteiger partial charge in [0.25, 0.3) is 11.8 Å². The molecule has 0 atom stereocenters. The van der Waals surface area contributed by atoms with Crippen LogP contribution in [0.4, 0.5) is 11.4 Å². The van der Waals surface area contributed by atoms with Crippen LogP contribution < -0.4 is 9.80 Å². The van der Waals surface area contributed by atoms with E-state index in [0.717, 1.165) is 0 Å². The highest BCUT2D eigenvalue weighted by Crippen LogP contribution is 2.28. The molecule has 1 aliphatic heterocycles. The number of ether oxygens (including phenoxy) is 1. The summed E-state index contributed by atoms with van der Waals surface area (Å²) in [6.45, 7) is 2.13. The summed E-state index contributed by atoms with van der Waals surface area (Å²) >= 11 is 5.47. The molecule has 25 heavy (non-hydrogen) atoms. The van der Waals surface area contributed by atoms with Gasteiger partial charge in [-0.2, -0.15) is 0 Å². The largest absolute Gasteiger partial charge is 0.500 e. The van der Waals surface area contributed by atoms with E-state index < -0.39 is 11.8 Å². The molecule has 126 valence electrons. The summed E-state index contributed by atoms with van der Waals surface area (Å²) in [6.07, 6.45) is 1.21. The van der Waals surface area contributed by atoms with Gasteiger partial charge in [0.15, 0.2) is 5.11 Å². The zero-order chi connectivity index (χ0) is 17.8. The molecular formula is C19H16N2O3S. The van der Waals surface area contributed by atoms with Crippen LogP contribution >= 0.6 is 12.2 Å². The fourth-order valence-corrected chi connectivity index (χ4v) is 2.86. The highest BCUT2D eigenvalue weighted by atomic mass is 32.1. The average Bonchev–Trinajstić information content (AvgIpc) is 2.63. The van der Waals surface area contributed by atoms with E-state index in [4.69, 9.17) is 17.0 Å². The van der Waals surface area contributed by atoms with E-state index in [-0.39, 0.29) is 10.7 Å². The Balaban J connectivity index is 2.11. The van der Waals surface area contributed by atoms with Gasteiger partial charge in [-0.05, 0) is 43.4 Å². The summed E-state index contributed by atoms with van der Waals surface area (Å²) in [7, 11) is 0. The summed E-state index contributed by atoms with van der Waals surface area (Å²) < 4.78 is 5.22. The van der Waals surface area contributed by atoms with Crippen molar-refractivity contribution in [3.8, 4) is 0 Å². The predicted molar refractivity (Wildman–Crippen MR) is 100 cm³/mol. The fraction of sp³-hybridized carbons (Fsp3) is 0.105. The van der Waals surface area contributed by atoms with Crippen LogP contribution in [0.2, 0.25) is 0 Å². The van der Waals surface area contributed by atoms with Crippen molar-refractivity contribution in [2.75, 3.05) is 16.4 Å². The summed E-state index contributed by atoms with van der Waals surface area (Å²) in [5.74, 6) is -0.997. The standard InChI is InChI=1S/C19H16N2O3S/c1-2-24-13-16-17(22)20(14-9-5-3-6-10-14)19(25)21(18(16)23)15-11-7-4-8-12-15/h3-13H,2H2,1H3. The Bertz CT molecular complexity index is 771.